The van der Waals surface area contributed by atoms with Gasteiger partial charge in [0.1, 0.15) is 5.75 Å². The number of anilines is 3. The van der Waals surface area contributed by atoms with Crippen LogP contribution in [0.5, 0.6) is 5.75 Å². The van der Waals surface area contributed by atoms with Gasteiger partial charge in [-0.1, -0.05) is 0 Å². The van der Waals surface area contributed by atoms with Gasteiger partial charge in [-0.25, -0.2) is 0 Å². The second-order valence-electron chi connectivity index (χ2n) is 5.62. The molecule has 1 aromatic heterocycles. The molecular weight excluding hydrogens is 266 g/mol. The number of nitrogens with one attached hydrogen (secondary N) is 2. The van der Waals surface area contributed by atoms with Gasteiger partial charge in [-0.2, -0.15) is 10.1 Å². The van der Waals surface area contributed by atoms with E-state index in [-0.39, 0.29) is 5.54 Å². The Labute approximate surface area is 125 Å². The highest BCUT2D eigenvalue weighted by Gasteiger charge is 2.11. The second-order valence-corrected chi connectivity index (χ2v) is 5.62. The molecular formula is C15H21N5O. The first-order chi connectivity index (χ1) is 9.96. The van der Waals surface area contributed by atoms with E-state index in [0.29, 0.717) is 18.4 Å². The van der Waals surface area contributed by atoms with Gasteiger partial charge < -0.3 is 15.4 Å². The van der Waals surface area contributed by atoms with Crippen molar-refractivity contribution in [1.82, 2.24) is 15.2 Å². The Morgan fingerprint density at radius 3 is 2.48 bits per heavy atom. The molecule has 6 nitrogen and oxygen atoms in total. The van der Waals surface area contributed by atoms with E-state index in [1.54, 1.807) is 6.20 Å². The maximum atomic E-state index is 5.41. The molecule has 112 valence electrons. The first-order valence-corrected chi connectivity index (χ1v) is 6.94. The lowest BCUT2D eigenvalue weighted by atomic mass is 10.1. The van der Waals surface area contributed by atoms with Crippen molar-refractivity contribution < 1.29 is 4.74 Å². The molecule has 2 N–H and O–H groups in total. The molecule has 0 bridgehead atoms. The highest BCUT2D eigenvalue weighted by molar-refractivity contribution is 5.57. The van der Waals surface area contributed by atoms with Gasteiger partial charge in [0, 0.05) is 11.2 Å². The summed E-state index contributed by atoms with van der Waals surface area (Å²) in [4.78, 5) is 4.39. The van der Waals surface area contributed by atoms with Crippen LogP contribution in [0.25, 0.3) is 0 Å². The van der Waals surface area contributed by atoms with Crippen LogP contribution in [0.3, 0.4) is 0 Å². The molecule has 0 aliphatic rings. The average Bonchev–Trinajstić information content (AvgIpc) is 2.40. The average molecular weight is 287 g/mol. The predicted octanol–water partition coefficient (Wildman–Crippen LogP) is 3.22. The van der Waals surface area contributed by atoms with Gasteiger partial charge >= 0.3 is 0 Å². The van der Waals surface area contributed by atoms with Crippen molar-refractivity contribution in [2.45, 2.75) is 33.2 Å². The monoisotopic (exact) mass is 287 g/mol. The van der Waals surface area contributed by atoms with Gasteiger partial charge in [0.25, 0.3) is 0 Å². The minimum Gasteiger partial charge on any atom is -0.494 e. The van der Waals surface area contributed by atoms with Crippen LogP contribution in [0.4, 0.5) is 17.5 Å². The second kappa shape index (κ2) is 6.39. The van der Waals surface area contributed by atoms with Crippen LogP contribution in [0, 0.1) is 0 Å². The molecule has 2 rings (SSSR count). The molecule has 0 radical (unpaired) electrons. The van der Waals surface area contributed by atoms with E-state index in [9.17, 15) is 0 Å². The summed E-state index contributed by atoms with van der Waals surface area (Å²) in [5.74, 6) is 1.98. The fourth-order valence-electron chi connectivity index (χ4n) is 1.70. The Balaban J connectivity index is 2.07. The van der Waals surface area contributed by atoms with Crippen LogP contribution < -0.4 is 15.4 Å². The predicted molar refractivity (Wildman–Crippen MR) is 84.1 cm³/mol. The number of nitrogens with zero attached hydrogens (tertiary/aromatic N) is 3. The van der Waals surface area contributed by atoms with E-state index >= 15 is 0 Å². The van der Waals surface area contributed by atoms with Crippen LogP contribution in [0.2, 0.25) is 0 Å². The summed E-state index contributed by atoms with van der Waals surface area (Å²) < 4.78 is 5.41. The minimum atomic E-state index is -0.112. The quantitative estimate of drug-likeness (QED) is 0.879. The zero-order chi connectivity index (χ0) is 15.3. The Hall–Kier alpha value is -2.37. The number of aromatic nitrogens is 3. The Morgan fingerprint density at radius 1 is 1.14 bits per heavy atom. The van der Waals surface area contributed by atoms with Crippen molar-refractivity contribution in [1.29, 1.82) is 0 Å². The summed E-state index contributed by atoms with van der Waals surface area (Å²) in [5.41, 5.74) is 0.806. The van der Waals surface area contributed by atoms with E-state index in [1.165, 1.54) is 0 Å². The molecule has 0 saturated carbocycles. The number of hydrogen-bond acceptors (Lipinski definition) is 6. The van der Waals surface area contributed by atoms with Crippen LogP contribution in [0.15, 0.2) is 30.5 Å². The SMILES string of the molecule is CCOc1ccc(Nc2cnnc(NC(C)(C)C)n2)cc1. The summed E-state index contributed by atoms with van der Waals surface area (Å²) in [7, 11) is 0. The van der Waals surface area contributed by atoms with Crippen LogP contribution >= 0.6 is 0 Å². The molecule has 0 unspecified atom stereocenters. The van der Waals surface area contributed by atoms with E-state index < -0.39 is 0 Å². The lowest BCUT2D eigenvalue weighted by molar-refractivity contribution is 0.340. The number of hydrogen-bond donors (Lipinski definition) is 2. The highest BCUT2D eigenvalue weighted by atomic mass is 16.5. The van der Waals surface area contributed by atoms with E-state index in [1.807, 2.05) is 52.0 Å². The van der Waals surface area contributed by atoms with Crippen molar-refractivity contribution in [3.05, 3.63) is 30.5 Å². The molecule has 0 atom stereocenters. The maximum Gasteiger partial charge on any atom is 0.245 e. The largest absolute Gasteiger partial charge is 0.494 e. The maximum absolute atomic E-state index is 5.41. The Kier molecular flexibility index (Phi) is 4.57. The van der Waals surface area contributed by atoms with Crippen molar-refractivity contribution in [2.24, 2.45) is 0 Å². The minimum absolute atomic E-state index is 0.112. The summed E-state index contributed by atoms with van der Waals surface area (Å²) in [6.45, 7) is 8.75. The molecule has 0 amide bonds. The van der Waals surface area contributed by atoms with E-state index in [0.717, 1.165) is 11.4 Å². The van der Waals surface area contributed by atoms with Crippen molar-refractivity contribution in [2.75, 3.05) is 17.2 Å². The third-order valence-electron chi connectivity index (χ3n) is 2.48. The first kappa shape index (κ1) is 15.0. The number of rotatable bonds is 5. The highest BCUT2D eigenvalue weighted by Crippen LogP contribution is 2.19. The molecule has 2 aromatic rings. The fourth-order valence-corrected chi connectivity index (χ4v) is 1.70. The molecule has 6 heteroatoms. The molecule has 0 spiro atoms. The molecule has 0 aliphatic heterocycles. The molecule has 1 aromatic carbocycles. The van der Waals surface area contributed by atoms with Gasteiger partial charge in [-0.05, 0) is 52.0 Å². The molecule has 0 aliphatic carbocycles. The number of ether oxygens (including phenoxy) is 1. The van der Waals surface area contributed by atoms with Crippen LogP contribution in [-0.2, 0) is 0 Å². The Morgan fingerprint density at radius 2 is 1.86 bits per heavy atom. The van der Waals surface area contributed by atoms with Crippen molar-refractivity contribution >= 4 is 17.5 Å². The van der Waals surface area contributed by atoms with Gasteiger partial charge in [0.05, 0.1) is 12.8 Å². The topological polar surface area (TPSA) is 72.0 Å². The van der Waals surface area contributed by atoms with Crippen molar-refractivity contribution in [3.8, 4) is 5.75 Å². The molecule has 1 heterocycles. The zero-order valence-electron chi connectivity index (χ0n) is 12.8. The van der Waals surface area contributed by atoms with E-state index in [4.69, 9.17) is 4.74 Å². The van der Waals surface area contributed by atoms with Crippen molar-refractivity contribution in [3.63, 3.8) is 0 Å². The molecule has 0 fully saturated rings. The zero-order valence-corrected chi connectivity index (χ0v) is 12.8. The Bertz CT molecular complexity index is 577. The molecule has 21 heavy (non-hydrogen) atoms. The first-order valence-electron chi connectivity index (χ1n) is 6.94. The van der Waals surface area contributed by atoms with Crippen LogP contribution in [0.1, 0.15) is 27.7 Å². The normalized spacial score (nSPS) is 11.0. The summed E-state index contributed by atoms with van der Waals surface area (Å²) >= 11 is 0. The number of benzene rings is 1. The third kappa shape index (κ3) is 4.91. The summed E-state index contributed by atoms with van der Waals surface area (Å²) in [6, 6.07) is 7.69. The standard InChI is InChI=1S/C15H21N5O/c1-5-21-12-8-6-11(7-9-12)17-13-10-16-20-14(18-13)19-15(2,3)4/h6-10H,5H2,1-4H3,(H2,17,18,19,20). The lowest BCUT2D eigenvalue weighted by Gasteiger charge is -2.20. The van der Waals surface area contributed by atoms with Crippen LogP contribution in [-0.4, -0.2) is 27.3 Å². The smallest absolute Gasteiger partial charge is 0.245 e. The summed E-state index contributed by atoms with van der Waals surface area (Å²) in [6.07, 6.45) is 1.59. The van der Waals surface area contributed by atoms with Gasteiger partial charge in [0.2, 0.25) is 5.95 Å². The van der Waals surface area contributed by atoms with Gasteiger partial charge in [0.15, 0.2) is 5.82 Å². The summed E-state index contributed by atoms with van der Waals surface area (Å²) in [5, 5.41) is 14.3. The fraction of sp³-hybridized carbons (Fsp3) is 0.400. The molecule has 0 saturated heterocycles. The van der Waals surface area contributed by atoms with E-state index in [2.05, 4.69) is 25.8 Å². The lowest BCUT2D eigenvalue weighted by Crippen LogP contribution is -2.27. The third-order valence-corrected chi connectivity index (χ3v) is 2.48. The van der Waals surface area contributed by atoms with Gasteiger partial charge in [-0.3, -0.25) is 0 Å². The van der Waals surface area contributed by atoms with Gasteiger partial charge in [-0.15, -0.1) is 5.10 Å².